The van der Waals surface area contributed by atoms with Gasteiger partial charge in [-0.2, -0.15) is 5.10 Å². The maximum Gasteiger partial charge on any atom is 0.244 e. The number of amides is 1. The number of rotatable bonds is 6. The van der Waals surface area contributed by atoms with Crippen LogP contribution in [0, 0.1) is 13.8 Å². The number of unbranched alkanes of at least 4 members (excludes halogenated alkanes) is 1. The average Bonchev–Trinajstić information content (AvgIpc) is 2.57. The lowest BCUT2D eigenvalue weighted by Gasteiger charge is -2.00. The molecule has 1 heterocycles. The molecule has 18 heavy (non-hydrogen) atoms. The maximum absolute atomic E-state index is 11.5. The lowest BCUT2D eigenvalue weighted by Crippen LogP contribution is -2.22. The van der Waals surface area contributed by atoms with Crippen LogP contribution in [0.4, 0.5) is 0 Å². The summed E-state index contributed by atoms with van der Waals surface area (Å²) in [5, 5.41) is 15.7. The van der Waals surface area contributed by atoms with E-state index in [0.29, 0.717) is 13.0 Å². The first-order chi connectivity index (χ1) is 8.56. The van der Waals surface area contributed by atoms with Crippen molar-refractivity contribution in [3.8, 4) is 0 Å². The van der Waals surface area contributed by atoms with Crippen LogP contribution in [0.15, 0.2) is 6.08 Å². The van der Waals surface area contributed by atoms with Gasteiger partial charge in [0.15, 0.2) is 0 Å². The molecule has 1 aromatic rings. The van der Waals surface area contributed by atoms with E-state index >= 15 is 0 Å². The molecule has 0 fully saturated rings. The Kier molecular flexibility index (Phi) is 5.58. The minimum atomic E-state index is -0.115. The van der Waals surface area contributed by atoms with Crippen molar-refractivity contribution in [2.45, 2.75) is 26.7 Å². The molecule has 1 amide bonds. The van der Waals surface area contributed by atoms with Crippen molar-refractivity contribution in [2.75, 3.05) is 13.2 Å². The highest BCUT2D eigenvalue weighted by molar-refractivity contribution is 5.91. The fourth-order valence-corrected chi connectivity index (χ4v) is 1.70. The standard InChI is InChI=1S/C13H21N3O2/c1-10-12(11(2)16(3)15-10)6-7-13(18)14-8-4-5-9-17/h6-7,17H,4-5,8-9H2,1-3H3,(H,14,18)/b7-6+. The van der Waals surface area contributed by atoms with Gasteiger partial charge in [-0.1, -0.05) is 0 Å². The second-order valence-electron chi connectivity index (χ2n) is 4.26. The lowest BCUT2D eigenvalue weighted by atomic mass is 10.2. The van der Waals surface area contributed by atoms with Crippen molar-refractivity contribution in [3.05, 3.63) is 23.0 Å². The number of carbonyl (C=O) groups excluding carboxylic acids is 1. The first kappa shape index (κ1) is 14.4. The Balaban J connectivity index is 2.50. The molecule has 100 valence electrons. The molecule has 0 aromatic carbocycles. The van der Waals surface area contributed by atoms with Crippen LogP contribution in [-0.2, 0) is 11.8 Å². The zero-order valence-corrected chi connectivity index (χ0v) is 11.2. The van der Waals surface area contributed by atoms with Crippen LogP contribution < -0.4 is 5.32 Å². The summed E-state index contributed by atoms with van der Waals surface area (Å²) < 4.78 is 1.80. The molecule has 0 radical (unpaired) electrons. The van der Waals surface area contributed by atoms with Gasteiger partial charge in [0.2, 0.25) is 5.91 Å². The molecule has 5 heteroatoms. The van der Waals surface area contributed by atoms with E-state index in [1.54, 1.807) is 10.8 Å². The average molecular weight is 251 g/mol. The van der Waals surface area contributed by atoms with Gasteiger partial charge in [0, 0.05) is 37.5 Å². The molecule has 0 atom stereocenters. The summed E-state index contributed by atoms with van der Waals surface area (Å²) in [6.07, 6.45) is 4.82. The molecule has 2 N–H and O–H groups in total. The van der Waals surface area contributed by atoms with Gasteiger partial charge >= 0.3 is 0 Å². The first-order valence-electron chi connectivity index (χ1n) is 6.13. The zero-order chi connectivity index (χ0) is 13.5. The van der Waals surface area contributed by atoms with Gasteiger partial charge in [0.25, 0.3) is 0 Å². The maximum atomic E-state index is 11.5. The number of nitrogens with zero attached hydrogens (tertiary/aromatic N) is 2. The summed E-state index contributed by atoms with van der Waals surface area (Å²) in [6.45, 7) is 4.65. The van der Waals surface area contributed by atoms with Crippen LogP contribution in [0.5, 0.6) is 0 Å². The van der Waals surface area contributed by atoms with Gasteiger partial charge in [0.1, 0.15) is 0 Å². The number of carbonyl (C=O) groups is 1. The number of aliphatic hydroxyl groups excluding tert-OH is 1. The minimum Gasteiger partial charge on any atom is -0.396 e. The van der Waals surface area contributed by atoms with Gasteiger partial charge in [-0.05, 0) is 32.8 Å². The van der Waals surface area contributed by atoms with Gasteiger partial charge in [-0.3, -0.25) is 9.48 Å². The number of aliphatic hydroxyl groups is 1. The second kappa shape index (κ2) is 6.96. The van der Waals surface area contributed by atoms with Gasteiger partial charge in [-0.25, -0.2) is 0 Å². The molecular formula is C13H21N3O2. The number of aromatic nitrogens is 2. The van der Waals surface area contributed by atoms with E-state index in [-0.39, 0.29) is 12.5 Å². The highest BCUT2D eigenvalue weighted by Gasteiger charge is 2.06. The van der Waals surface area contributed by atoms with Crippen LogP contribution in [0.25, 0.3) is 6.08 Å². The largest absolute Gasteiger partial charge is 0.396 e. The second-order valence-corrected chi connectivity index (χ2v) is 4.26. The molecule has 0 aliphatic rings. The summed E-state index contributed by atoms with van der Waals surface area (Å²) in [5.74, 6) is -0.115. The van der Waals surface area contributed by atoms with E-state index < -0.39 is 0 Å². The predicted octanol–water partition coefficient (Wildman–Crippen LogP) is 0.939. The van der Waals surface area contributed by atoms with Crippen molar-refractivity contribution in [1.29, 1.82) is 0 Å². The molecule has 0 saturated heterocycles. The summed E-state index contributed by atoms with van der Waals surface area (Å²) in [5.41, 5.74) is 2.94. The van der Waals surface area contributed by atoms with E-state index in [1.807, 2.05) is 20.9 Å². The van der Waals surface area contributed by atoms with E-state index in [2.05, 4.69) is 10.4 Å². The molecule has 0 unspecified atom stereocenters. The van der Waals surface area contributed by atoms with E-state index in [9.17, 15) is 4.79 Å². The quantitative estimate of drug-likeness (QED) is 0.584. The van der Waals surface area contributed by atoms with Gasteiger partial charge in [0.05, 0.1) is 5.69 Å². The number of hydrogen-bond acceptors (Lipinski definition) is 3. The van der Waals surface area contributed by atoms with Crippen LogP contribution in [0.1, 0.15) is 29.8 Å². The monoisotopic (exact) mass is 251 g/mol. The zero-order valence-electron chi connectivity index (χ0n) is 11.2. The SMILES string of the molecule is Cc1nn(C)c(C)c1/C=C/C(=O)NCCCCO. The summed E-state index contributed by atoms with van der Waals surface area (Å²) >= 11 is 0. The lowest BCUT2D eigenvalue weighted by molar-refractivity contribution is -0.116. The highest BCUT2D eigenvalue weighted by Crippen LogP contribution is 2.13. The van der Waals surface area contributed by atoms with E-state index in [0.717, 1.165) is 23.4 Å². The van der Waals surface area contributed by atoms with E-state index in [4.69, 9.17) is 5.11 Å². The first-order valence-corrected chi connectivity index (χ1v) is 6.13. The third-order valence-electron chi connectivity index (χ3n) is 2.85. The molecule has 5 nitrogen and oxygen atoms in total. The Hall–Kier alpha value is -1.62. The van der Waals surface area contributed by atoms with Crippen molar-refractivity contribution >= 4 is 12.0 Å². The van der Waals surface area contributed by atoms with Crippen LogP contribution in [-0.4, -0.2) is 33.9 Å². The summed E-state index contributed by atoms with van der Waals surface area (Å²) in [4.78, 5) is 11.5. The van der Waals surface area contributed by atoms with Crippen LogP contribution >= 0.6 is 0 Å². The van der Waals surface area contributed by atoms with Gasteiger partial charge < -0.3 is 10.4 Å². The predicted molar refractivity (Wildman–Crippen MR) is 71.0 cm³/mol. The van der Waals surface area contributed by atoms with Crippen molar-refractivity contribution < 1.29 is 9.90 Å². The Morgan fingerprint density at radius 3 is 2.72 bits per heavy atom. The normalized spacial score (nSPS) is 11.1. The minimum absolute atomic E-state index is 0.115. The summed E-state index contributed by atoms with van der Waals surface area (Å²) in [7, 11) is 1.88. The van der Waals surface area contributed by atoms with E-state index in [1.165, 1.54) is 6.08 Å². The third kappa shape index (κ3) is 4.00. The van der Waals surface area contributed by atoms with Crippen LogP contribution in [0.2, 0.25) is 0 Å². The van der Waals surface area contributed by atoms with Gasteiger partial charge in [-0.15, -0.1) is 0 Å². The smallest absolute Gasteiger partial charge is 0.244 e. The molecule has 0 saturated carbocycles. The molecule has 1 rings (SSSR count). The Morgan fingerprint density at radius 1 is 1.44 bits per heavy atom. The fraction of sp³-hybridized carbons (Fsp3) is 0.538. The molecule has 0 spiro atoms. The topological polar surface area (TPSA) is 67.2 Å². The van der Waals surface area contributed by atoms with Crippen LogP contribution in [0.3, 0.4) is 0 Å². The molecule has 0 bridgehead atoms. The summed E-state index contributed by atoms with van der Waals surface area (Å²) in [6, 6.07) is 0. The third-order valence-corrected chi connectivity index (χ3v) is 2.85. The Bertz CT molecular complexity index is 436. The van der Waals surface area contributed by atoms with Crippen molar-refractivity contribution in [1.82, 2.24) is 15.1 Å². The Labute approximate surface area is 108 Å². The fourth-order valence-electron chi connectivity index (χ4n) is 1.70. The number of aryl methyl sites for hydroxylation is 2. The number of hydrogen-bond donors (Lipinski definition) is 2. The number of nitrogens with one attached hydrogen (secondary N) is 1. The highest BCUT2D eigenvalue weighted by atomic mass is 16.2. The molecule has 0 aliphatic heterocycles. The van der Waals surface area contributed by atoms with Crippen molar-refractivity contribution in [3.63, 3.8) is 0 Å². The molecule has 0 aliphatic carbocycles. The Morgan fingerprint density at radius 2 is 2.17 bits per heavy atom. The molecule has 1 aromatic heterocycles. The van der Waals surface area contributed by atoms with Crippen molar-refractivity contribution in [2.24, 2.45) is 7.05 Å². The molecular weight excluding hydrogens is 230 g/mol.